The number of carbonyl (C=O) groups is 1. The quantitative estimate of drug-likeness (QED) is 0.543. The summed E-state index contributed by atoms with van der Waals surface area (Å²) in [5.41, 5.74) is 1.62. The van der Waals surface area contributed by atoms with E-state index in [1.54, 1.807) is 18.2 Å². The second kappa shape index (κ2) is 9.21. The third-order valence-corrected chi connectivity index (χ3v) is 4.30. The Balaban J connectivity index is 1.69. The van der Waals surface area contributed by atoms with Crippen molar-refractivity contribution in [2.45, 2.75) is 19.5 Å². The number of nitrogens with zero attached hydrogens (tertiary/aromatic N) is 1. The molecule has 0 fully saturated rings. The van der Waals surface area contributed by atoms with Gasteiger partial charge in [0.05, 0.1) is 10.5 Å². The molecular formula is C21H18ClF3N2O3. The summed E-state index contributed by atoms with van der Waals surface area (Å²) in [7, 11) is 0. The molecule has 1 N–H and O–H groups in total. The number of alkyl halides is 3. The molecule has 0 atom stereocenters. The lowest BCUT2D eigenvalue weighted by Gasteiger charge is -2.12. The van der Waals surface area contributed by atoms with Crippen LogP contribution in [0.15, 0.2) is 48.5 Å². The highest BCUT2D eigenvalue weighted by Gasteiger charge is 2.28. The fourth-order valence-corrected chi connectivity index (χ4v) is 2.87. The Morgan fingerprint density at radius 2 is 1.87 bits per heavy atom. The lowest BCUT2D eigenvalue weighted by atomic mass is 10.1. The molecule has 0 aliphatic carbocycles. The van der Waals surface area contributed by atoms with E-state index in [1.165, 1.54) is 25.1 Å². The number of hydrogen-bond acceptors (Lipinski definition) is 4. The molecule has 5 nitrogen and oxygen atoms in total. The summed E-state index contributed by atoms with van der Waals surface area (Å²) in [6.07, 6.45) is -3.81. The second-order valence-electron chi connectivity index (χ2n) is 6.49. The molecule has 2 aromatic carbocycles. The molecule has 0 saturated carbocycles. The highest BCUT2D eigenvalue weighted by molar-refractivity contribution is 6.32. The maximum absolute atomic E-state index is 12.2. The van der Waals surface area contributed by atoms with Crippen LogP contribution in [-0.2, 0) is 11.2 Å². The molecule has 0 saturated heterocycles. The third-order valence-electron chi connectivity index (χ3n) is 4.01. The minimum Gasteiger partial charge on any atom is -0.484 e. The van der Waals surface area contributed by atoms with E-state index in [4.69, 9.17) is 16.3 Å². The van der Waals surface area contributed by atoms with Gasteiger partial charge in [0.25, 0.3) is 0 Å². The Bertz CT molecular complexity index is 1060. The summed E-state index contributed by atoms with van der Waals surface area (Å²) in [6, 6.07) is 13.1. The number of amides is 1. The van der Waals surface area contributed by atoms with Crippen molar-refractivity contribution in [2.24, 2.45) is 0 Å². The normalized spacial score (nSPS) is 11.4. The van der Waals surface area contributed by atoms with Gasteiger partial charge in [-0.1, -0.05) is 17.7 Å². The summed E-state index contributed by atoms with van der Waals surface area (Å²) in [4.78, 5) is 15.5. The van der Waals surface area contributed by atoms with E-state index < -0.39 is 12.8 Å². The largest absolute Gasteiger partial charge is 0.484 e. The first-order valence-corrected chi connectivity index (χ1v) is 9.38. The predicted octanol–water partition coefficient (Wildman–Crippen LogP) is 5.30. The molecule has 0 aliphatic rings. The van der Waals surface area contributed by atoms with Crippen LogP contribution in [0, 0.1) is 0 Å². The smallest absolute Gasteiger partial charge is 0.422 e. The van der Waals surface area contributed by atoms with E-state index in [0.717, 1.165) is 16.6 Å². The second-order valence-corrected chi connectivity index (χ2v) is 6.90. The van der Waals surface area contributed by atoms with E-state index >= 15 is 0 Å². The average molecular weight is 439 g/mol. The summed E-state index contributed by atoms with van der Waals surface area (Å²) >= 11 is 6.11. The monoisotopic (exact) mass is 438 g/mol. The number of ether oxygens (including phenoxy) is 2. The molecule has 1 amide bonds. The first kappa shape index (κ1) is 21.7. The van der Waals surface area contributed by atoms with Crippen LogP contribution in [0.1, 0.15) is 12.6 Å². The molecular weight excluding hydrogens is 421 g/mol. The number of rotatable bonds is 7. The molecule has 158 valence electrons. The van der Waals surface area contributed by atoms with Crippen molar-refractivity contribution >= 4 is 28.4 Å². The van der Waals surface area contributed by atoms with Crippen molar-refractivity contribution in [1.29, 1.82) is 0 Å². The summed E-state index contributed by atoms with van der Waals surface area (Å²) in [6.45, 7) is 0.578. The van der Waals surface area contributed by atoms with Crippen molar-refractivity contribution in [3.8, 4) is 17.2 Å². The number of carbonyl (C=O) groups excluding carboxylic acids is 1. The molecule has 0 aliphatic heterocycles. The molecule has 30 heavy (non-hydrogen) atoms. The average Bonchev–Trinajstić information content (AvgIpc) is 2.67. The predicted molar refractivity (Wildman–Crippen MR) is 107 cm³/mol. The molecule has 1 aromatic heterocycles. The lowest BCUT2D eigenvalue weighted by molar-refractivity contribution is -0.153. The van der Waals surface area contributed by atoms with Gasteiger partial charge in [-0.25, -0.2) is 0 Å². The van der Waals surface area contributed by atoms with Crippen LogP contribution in [0.2, 0.25) is 5.02 Å². The van der Waals surface area contributed by atoms with E-state index in [1.807, 2.05) is 12.1 Å². The van der Waals surface area contributed by atoms with Crippen LogP contribution in [-0.4, -0.2) is 30.2 Å². The number of aromatic nitrogens is 1. The van der Waals surface area contributed by atoms with Gasteiger partial charge in [0.15, 0.2) is 6.61 Å². The van der Waals surface area contributed by atoms with Crippen molar-refractivity contribution < 1.29 is 27.4 Å². The zero-order valence-corrected chi connectivity index (χ0v) is 16.7. The first-order valence-electron chi connectivity index (χ1n) is 9.01. The zero-order chi connectivity index (χ0) is 21.7. The van der Waals surface area contributed by atoms with Crippen molar-refractivity contribution in [2.75, 3.05) is 13.2 Å². The number of nitrogens with one attached hydrogen (secondary N) is 1. The van der Waals surface area contributed by atoms with Gasteiger partial charge in [0.2, 0.25) is 5.91 Å². The van der Waals surface area contributed by atoms with Gasteiger partial charge in [-0.3, -0.25) is 9.78 Å². The van der Waals surface area contributed by atoms with Crippen LogP contribution in [0.4, 0.5) is 13.2 Å². The third kappa shape index (κ3) is 6.25. The van der Waals surface area contributed by atoms with Crippen LogP contribution in [0.25, 0.3) is 10.9 Å². The van der Waals surface area contributed by atoms with E-state index in [-0.39, 0.29) is 22.4 Å². The van der Waals surface area contributed by atoms with Gasteiger partial charge < -0.3 is 14.8 Å². The fraction of sp³-hybridized carbons (Fsp3) is 0.238. The summed E-state index contributed by atoms with van der Waals surface area (Å²) in [5, 5.41) is 3.70. The van der Waals surface area contributed by atoms with Crippen molar-refractivity contribution in [1.82, 2.24) is 10.3 Å². The maximum atomic E-state index is 12.2. The van der Waals surface area contributed by atoms with Crippen LogP contribution in [0.5, 0.6) is 17.2 Å². The molecule has 0 unspecified atom stereocenters. The van der Waals surface area contributed by atoms with Gasteiger partial charge in [0, 0.05) is 37.0 Å². The summed E-state index contributed by atoms with van der Waals surface area (Å²) < 4.78 is 47.2. The van der Waals surface area contributed by atoms with Crippen molar-refractivity contribution in [3.63, 3.8) is 0 Å². The highest BCUT2D eigenvalue weighted by Crippen LogP contribution is 2.34. The van der Waals surface area contributed by atoms with Gasteiger partial charge >= 0.3 is 6.18 Å². The molecule has 3 rings (SSSR count). The van der Waals surface area contributed by atoms with Crippen LogP contribution >= 0.6 is 11.6 Å². The topological polar surface area (TPSA) is 60.5 Å². The van der Waals surface area contributed by atoms with Crippen LogP contribution in [0.3, 0.4) is 0 Å². The number of hydrogen-bond donors (Lipinski definition) is 1. The van der Waals surface area contributed by atoms with Gasteiger partial charge in [0.1, 0.15) is 17.2 Å². The Morgan fingerprint density at radius 3 is 2.57 bits per heavy atom. The summed E-state index contributed by atoms with van der Waals surface area (Å²) in [5.74, 6) is 0.701. The Morgan fingerprint density at radius 1 is 1.10 bits per heavy atom. The molecule has 0 spiro atoms. The first-order chi connectivity index (χ1) is 14.2. The molecule has 0 radical (unpaired) electrons. The van der Waals surface area contributed by atoms with E-state index in [2.05, 4.69) is 15.0 Å². The Labute approximate surface area is 175 Å². The number of fused-ring (bicyclic) bond motifs is 1. The maximum Gasteiger partial charge on any atom is 0.422 e. The SMILES string of the molecule is CC(=O)NCCc1ccc2cc(Oc3ccc(OCC(F)(F)F)cc3Cl)ccc2n1. The molecule has 0 bridgehead atoms. The Hall–Kier alpha value is -3.00. The van der Waals surface area contributed by atoms with E-state index in [9.17, 15) is 18.0 Å². The molecule has 9 heteroatoms. The number of pyridine rings is 1. The minimum atomic E-state index is -4.43. The van der Waals surface area contributed by atoms with Gasteiger partial charge in [-0.15, -0.1) is 0 Å². The lowest BCUT2D eigenvalue weighted by Crippen LogP contribution is -2.22. The minimum absolute atomic E-state index is 0.000760. The van der Waals surface area contributed by atoms with Crippen molar-refractivity contribution in [3.05, 3.63) is 59.2 Å². The van der Waals surface area contributed by atoms with Gasteiger partial charge in [-0.05, 0) is 36.4 Å². The Kier molecular flexibility index (Phi) is 6.66. The fourth-order valence-electron chi connectivity index (χ4n) is 2.66. The molecule has 1 heterocycles. The number of benzene rings is 2. The molecule has 3 aromatic rings. The number of halogens is 4. The highest BCUT2D eigenvalue weighted by atomic mass is 35.5. The zero-order valence-electron chi connectivity index (χ0n) is 15.9. The standard InChI is InChI=1S/C21H18ClF3N2O3/c1-13(28)26-9-8-15-3-2-14-10-17(4-6-19(14)27-15)30-20-7-5-16(11-18(20)22)29-12-21(23,24)25/h2-7,10-11H,8-9,12H2,1H3,(H,26,28). The van der Waals surface area contributed by atoms with E-state index in [0.29, 0.717) is 18.7 Å². The van der Waals surface area contributed by atoms with Gasteiger partial charge in [-0.2, -0.15) is 13.2 Å². The van der Waals surface area contributed by atoms with Crippen LogP contribution < -0.4 is 14.8 Å².